The van der Waals surface area contributed by atoms with E-state index in [9.17, 15) is 18.7 Å². The number of aliphatic hydroxyl groups excluding tert-OH is 1. The second kappa shape index (κ2) is 7.72. The topological polar surface area (TPSA) is 58.6 Å². The molecule has 25 heavy (non-hydrogen) atoms. The Morgan fingerprint density at radius 1 is 1.20 bits per heavy atom. The molecule has 1 heterocycles. The number of benzene rings is 2. The van der Waals surface area contributed by atoms with Crippen molar-refractivity contribution in [2.24, 2.45) is 0 Å². The van der Waals surface area contributed by atoms with Crippen LogP contribution in [0.5, 0.6) is 0 Å². The van der Waals surface area contributed by atoms with Crippen molar-refractivity contribution in [3.8, 4) is 0 Å². The fraction of sp³-hybridized carbons (Fsp3) is 0.316. The molecule has 1 aliphatic heterocycles. The van der Waals surface area contributed by atoms with Gasteiger partial charge in [0.15, 0.2) is 0 Å². The highest BCUT2D eigenvalue weighted by Crippen LogP contribution is 2.29. The number of nitrogens with one attached hydrogen (secondary N) is 1. The molecule has 2 aromatic carbocycles. The van der Waals surface area contributed by atoms with Gasteiger partial charge in [0.1, 0.15) is 17.7 Å². The van der Waals surface area contributed by atoms with Crippen LogP contribution in [-0.4, -0.2) is 24.2 Å². The molecule has 0 aromatic heterocycles. The van der Waals surface area contributed by atoms with E-state index in [1.807, 2.05) is 24.3 Å². The molecular weight excluding hydrogens is 328 g/mol. The first-order valence-corrected chi connectivity index (χ1v) is 8.14. The van der Waals surface area contributed by atoms with Gasteiger partial charge in [-0.1, -0.05) is 30.3 Å². The van der Waals surface area contributed by atoms with Crippen molar-refractivity contribution >= 4 is 5.91 Å². The van der Waals surface area contributed by atoms with Crippen LogP contribution in [0, 0.1) is 11.6 Å². The minimum Gasteiger partial charge on any atom is -0.386 e. The monoisotopic (exact) mass is 347 g/mol. The van der Waals surface area contributed by atoms with Gasteiger partial charge in [0.2, 0.25) is 5.91 Å². The molecule has 0 saturated carbocycles. The molecule has 2 N–H and O–H groups in total. The van der Waals surface area contributed by atoms with Gasteiger partial charge in [-0.25, -0.2) is 8.78 Å². The Bertz CT molecular complexity index is 746. The lowest BCUT2D eigenvalue weighted by Crippen LogP contribution is -2.31. The lowest BCUT2D eigenvalue weighted by molar-refractivity contribution is -0.124. The van der Waals surface area contributed by atoms with Crippen LogP contribution < -0.4 is 5.32 Å². The molecular formula is C19H19F2NO3. The van der Waals surface area contributed by atoms with Gasteiger partial charge in [0.05, 0.1) is 24.7 Å². The summed E-state index contributed by atoms with van der Waals surface area (Å²) >= 11 is 0. The maximum Gasteiger partial charge on any atom is 0.223 e. The molecule has 2 atom stereocenters. The SMILES string of the molecule is O=C(CC1OCCc2ccccc21)NCC(O)c1c(F)cccc1F. The first kappa shape index (κ1) is 17.5. The fourth-order valence-electron chi connectivity index (χ4n) is 3.03. The van der Waals surface area contributed by atoms with Crippen molar-refractivity contribution in [2.75, 3.05) is 13.2 Å². The van der Waals surface area contributed by atoms with Gasteiger partial charge in [-0.2, -0.15) is 0 Å². The summed E-state index contributed by atoms with van der Waals surface area (Å²) in [5, 5.41) is 12.5. The van der Waals surface area contributed by atoms with Crippen molar-refractivity contribution in [2.45, 2.75) is 25.0 Å². The normalized spacial score (nSPS) is 17.6. The fourth-order valence-corrected chi connectivity index (χ4v) is 3.03. The molecule has 0 spiro atoms. The zero-order chi connectivity index (χ0) is 17.8. The Morgan fingerprint density at radius 3 is 2.68 bits per heavy atom. The van der Waals surface area contributed by atoms with Gasteiger partial charge in [0, 0.05) is 6.54 Å². The van der Waals surface area contributed by atoms with Gasteiger partial charge < -0.3 is 15.2 Å². The van der Waals surface area contributed by atoms with E-state index in [0.29, 0.717) is 6.61 Å². The van der Waals surface area contributed by atoms with Crippen LogP contribution in [0.15, 0.2) is 42.5 Å². The molecule has 0 saturated heterocycles. The van der Waals surface area contributed by atoms with Crippen LogP contribution in [0.2, 0.25) is 0 Å². The molecule has 2 unspecified atom stereocenters. The standard InChI is InChI=1S/C19H19F2NO3/c20-14-6-3-7-15(21)19(14)16(23)11-22-18(24)10-17-13-5-2-1-4-12(13)8-9-25-17/h1-7,16-17,23H,8-11H2,(H,22,24). The van der Waals surface area contributed by atoms with Crippen LogP contribution in [0.4, 0.5) is 8.78 Å². The van der Waals surface area contributed by atoms with E-state index in [1.54, 1.807) is 0 Å². The van der Waals surface area contributed by atoms with Crippen molar-refractivity contribution in [1.82, 2.24) is 5.32 Å². The molecule has 0 aliphatic carbocycles. The average molecular weight is 347 g/mol. The summed E-state index contributed by atoms with van der Waals surface area (Å²) in [4.78, 5) is 12.1. The number of hydrogen-bond donors (Lipinski definition) is 2. The molecule has 3 rings (SSSR count). The van der Waals surface area contributed by atoms with E-state index in [4.69, 9.17) is 4.74 Å². The van der Waals surface area contributed by atoms with E-state index >= 15 is 0 Å². The second-order valence-corrected chi connectivity index (χ2v) is 5.97. The third-order valence-electron chi connectivity index (χ3n) is 4.29. The Kier molecular flexibility index (Phi) is 5.40. The summed E-state index contributed by atoms with van der Waals surface area (Å²) in [5.74, 6) is -2.03. The Balaban J connectivity index is 1.59. The number of amides is 1. The van der Waals surface area contributed by atoms with Crippen LogP contribution >= 0.6 is 0 Å². The zero-order valence-electron chi connectivity index (χ0n) is 13.5. The molecule has 1 aliphatic rings. The van der Waals surface area contributed by atoms with Crippen LogP contribution in [-0.2, 0) is 16.0 Å². The number of carbonyl (C=O) groups is 1. The van der Waals surface area contributed by atoms with Crippen LogP contribution in [0.1, 0.15) is 35.3 Å². The summed E-state index contributed by atoms with van der Waals surface area (Å²) in [6.07, 6.45) is -0.916. The highest BCUT2D eigenvalue weighted by Gasteiger charge is 2.24. The van der Waals surface area contributed by atoms with Gasteiger partial charge in [0.25, 0.3) is 0 Å². The maximum absolute atomic E-state index is 13.6. The molecule has 132 valence electrons. The molecule has 0 fully saturated rings. The third kappa shape index (κ3) is 4.03. The smallest absolute Gasteiger partial charge is 0.223 e. The highest BCUT2D eigenvalue weighted by atomic mass is 19.1. The third-order valence-corrected chi connectivity index (χ3v) is 4.29. The van der Waals surface area contributed by atoms with Gasteiger partial charge >= 0.3 is 0 Å². The van der Waals surface area contributed by atoms with Crippen molar-refractivity contribution < 1.29 is 23.4 Å². The van der Waals surface area contributed by atoms with Crippen molar-refractivity contribution in [1.29, 1.82) is 0 Å². The zero-order valence-corrected chi connectivity index (χ0v) is 13.5. The summed E-state index contributed by atoms with van der Waals surface area (Å²) in [6, 6.07) is 11.1. The molecule has 1 amide bonds. The van der Waals surface area contributed by atoms with Crippen LogP contribution in [0.3, 0.4) is 0 Å². The summed E-state index contributed by atoms with van der Waals surface area (Å²) in [5.41, 5.74) is 1.69. The predicted molar refractivity (Wildman–Crippen MR) is 87.8 cm³/mol. The number of aliphatic hydroxyl groups is 1. The van der Waals surface area contributed by atoms with Gasteiger partial charge in [-0.05, 0) is 29.7 Å². The number of carbonyl (C=O) groups excluding carboxylic acids is 1. The van der Waals surface area contributed by atoms with Crippen molar-refractivity contribution in [3.05, 3.63) is 70.8 Å². The number of ether oxygens (including phenoxy) is 1. The van der Waals surface area contributed by atoms with Crippen LogP contribution in [0.25, 0.3) is 0 Å². The first-order valence-electron chi connectivity index (χ1n) is 8.14. The molecule has 0 radical (unpaired) electrons. The van der Waals surface area contributed by atoms with Gasteiger partial charge in [-0.15, -0.1) is 0 Å². The predicted octanol–water partition coefficient (Wildman–Crippen LogP) is 2.82. The first-order chi connectivity index (χ1) is 12.1. The summed E-state index contributed by atoms with van der Waals surface area (Å²) < 4.78 is 32.9. The lowest BCUT2D eigenvalue weighted by Gasteiger charge is -2.25. The van der Waals surface area contributed by atoms with Crippen molar-refractivity contribution in [3.63, 3.8) is 0 Å². The molecule has 0 bridgehead atoms. The maximum atomic E-state index is 13.6. The number of hydrogen-bond acceptors (Lipinski definition) is 3. The van der Waals surface area contributed by atoms with Gasteiger partial charge in [-0.3, -0.25) is 4.79 Å². The summed E-state index contributed by atoms with van der Waals surface area (Å²) in [6.45, 7) is 0.267. The Morgan fingerprint density at radius 2 is 1.92 bits per heavy atom. The Hall–Kier alpha value is -2.31. The average Bonchev–Trinajstić information content (AvgIpc) is 2.60. The molecule has 4 nitrogen and oxygen atoms in total. The minimum atomic E-state index is -1.45. The highest BCUT2D eigenvalue weighted by molar-refractivity contribution is 5.76. The quantitative estimate of drug-likeness (QED) is 0.874. The largest absolute Gasteiger partial charge is 0.386 e. The Labute approximate surface area is 144 Å². The van der Waals surface area contributed by atoms with E-state index in [2.05, 4.69) is 5.32 Å². The van der Waals surface area contributed by atoms with E-state index < -0.39 is 23.3 Å². The number of fused-ring (bicyclic) bond motifs is 1. The lowest BCUT2D eigenvalue weighted by atomic mass is 9.95. The molecule has 6 heteroatoms. The van der Waals surface area contributed by atoms with E-state index in [1.165, 1.54) is 6.07 Å². The number of rotatable bonds is 5. The minimum absolute atomic E-state index is 0.0868. The number of halogens is 2. The van der Waals surface area contributed by atoms with E-state index in [-0.39, 0.29) is 25.0 Å². The van der Waals surface area contributed by atoms with E-state index in [0.717, 1.165) is 29.7 Å². The second-order valence-electron chi connectivity index (χ2n) is 5.97. The summed E-state index contributed by atoms with van der Waals surface area (Å²) in [7, 11) is 0. The molecule has 2 aromatic rings.